The van der Waals surface area contributed by atoms with Gasteiger partial charge in [-0.05, 0) is 12.1 Å². The quantitative estimate of drug-likeness (QED) is 0.802. The minimum absolute atomic E-state index is 0.113. The Hall–Kier alpha value is -2.50. The molecular weight excluding hydrogens is 232 g/mol. The molecule has 0 aliphatic heterocycles. The Bertz CT molecular complexity index is 531. The van der Waals surface area contributed by atoms with Gasteiger partial charge in [-0.25, -0.2) is 9.78 Å². The van der Waals surface area contributed by atoms with Crippen LogP contribution in [0.5, 0.6) is 0 Å². The number of carbonyl (C=O) groups excluding carboxylic acids is 1. The molecule has 0 fully saturated rings. The molecule has 6 heteroatoms. The number of esters is 1. The highest BCUT2D eigenvalue weighted by molar-refractivity contribution is 5.89. The molecule has 6 nitrogen and oxygen atoms in total. The number of benzene rings is 1. The summed E-state index contributed by atoms with van der Waals surface area (Å²) in [6.45, 7) is 0.228. The van der Waals surface area contributed by atoms with Crippen LogP contribution in [0.4, 0.5) is 5.95 Å². The first-order chi connectivity index (χ1) is 8.75. The third kappa shape index (κ3) is 3.24. The number of carbonyl (C=O) groups is 1. The molecule has 1 aromatic carbocycles. The fraction of sp³-hybridized carbons (Fsp3) is 0.167. The predicted molar refractivity (Wildman–Crippen MR) is 64.7 cm³/mol. The molecule has 2 rings (SSSR count). The van der Waals surface area contributed by atoms with E-state index in [9.17, 15) is 4.79 Å². The molecule has 18 heavy (non-hydrogen) atoms. The van der Waals surface area contributed by atoms with Crippen LogP contribution in [0.1, 0.15) is 16.1 Å². The zero-order chi connectivity index (χ0) is 12.8. The maximum absolute atomic E-state index is 11.6. The van der Waals surface area contributed by atoms with E-state index in [2.05, 4.69) is 15.2 Å². The summed E-state index contributed by atoms with van der Waals surface area (Å²) in [5.41, 5.74) is 6.56. The second-order valence-electron chi connectivity index (χ2n) is 3.56. The van der Waals surface area contributed by atoms with Crippen LogP contribution in [0.3, 0.4) is 0 Å². The fourth-order valence-corrected chi connectivity index (χ4v) is 1.38. The average molecular weight is 244 g/mol. The van der Waals surface area contributed by atoms with Crippen LogP contribution in [0, 0.1) is 0 Å². The normalized spacial score (nSPS) is 10.0. The van der Waals surface area contributed by atoms with Gasteiger partial charge in [0, 0.05) is 6.42 Å². The standard InChI is InChI=1S/C12H12N4O2/c13-12-15-10(8-14-16-12)6-7-18-11(17)9-4-2-1-3-5-9/h1-5,8H,6-7H2,(H2,13,15,16). The highest BCUT2D eigenvalue weighted by Crippen LogP contribution is 2.02. The van der Waals surface area contributed by atoms with Gasteiger partial charge in [0.1, 0.15) is 0 Å². The Kier molecular flexibility index (Phi) is 3.80. The van der Waals surface area contributed by atoms with E-state index < -0.39 is 0 Å². The summed E-state index contributed by atoms with van der Waals surface area (Å²) in [4.78, 5) is 15.6. The van der Waals surface area contributed by atoms with Gasteiger partial charge >= 0.3 is 5.97 Å². The monoisotopic (exact) mass is 244 g/mol. The van der Waals surface area contributed by atoms with Gasteiger partial charge in [0.15, 0.2) is 0 Å². The molecule has 2 aromatic rings. The third-order valence-corrected chi connectivity index (χ3v) is 2.23. The summed E-state index contributed by atoms with van der Waals surface area (Å²) in [7, 11) is 0. The molecule has 0 bridgehead atoms. The van der Waals surface area contributed by atoms with E-state index in [1.807, 2.05) is 6.07 Å². The predicted octanol–water partition coefficient (Wildman–Crippen LogP) is 0.853. The summed E-state index contributed by atoms with van der Waals surface area (Å²) >= 11 is 0. The van der Waals surface area contributed by atoms with Crippen molar-refractivity contribution in [3.05, 3.63) is 47.8 Å². The van der Waals surface area contributed by atoms with Gasteiger partial charge in [-0.1, -0.05) is 18.2 Å². The van der Waals surface area contributed by atoms with Gasteiger partial charge in [-0.2, -0.15) is 5.10 Å². The summed E-state index contributed by atoms with van der Waals surface area (Å²) in [5, 5.41) is 7.20. The first-order valence-electron chi connectivity index (χ1n) is 5.42. The van der Waals surface area contributed by atoms with E-state index in [0.29, 0.717) is 17.7 Å². The van der Waals surface area contributed by atoms with Gasteiger partial charge in [-0.3, -0.25) is 0 Å². The van der Waals surface area contributed by atoms with E-state index in [1.165, 1.54) is 6.20 Å². The number of anilines is 1. The molecule has 0 amide bonds. The fourth-order valence-electron chi connectivity index (χ4n) is 1.38. The Morgan fingerprint density at radius 2 is 2.06 bits per heavy atom. The topological polar surface area (TPSA) is 91.0 Å². The molecular formula is C12H12N4O2. The number of rotatable bonds is 4. The average Bonchev–Trinajstić information content (AvgIpc) is 2.40. The van der Waals surface area contributed by atoms with Gasteiger partial charge in [0.2, 0.25) is 5.95 Å². The van der Waals surface area contributed by atoms with Crippen molar-refractivity contribution in [2.75, 3.05) is 12.3 Å². The Morgan fingerprint density at radius 3 is 2.78 bits per heavy atom. The van der Waals surface area contributed by atoms with Crippen molar-refractivity contribution < 1.29 is 9.53 Å². The number of nitrogen functional groups attached to an aromatic ring is 1. The van der Waals surface area contributed by atoms with Crippen LogP contribution in [0.2, 0.25) is 0 Å². The van der Waals surface area contributed by atoms with Crippen molar-refractivity contribution in [2.24, 2.45) is 0 Å². The molecule has 0 unspecified atom stereocenters. The number of hydrogen-bond donors (Lipinski definition) is 1. The number of aromatic nitrogens is 3. The van der Waals surface area contributed by atoms with Crippen LogP contribution in [-0.4, -0.2) is 27.8 Å². The van der Waals surface area contributed by atoms with E-state index in [-0.39, 0.29) is 18.5 Å². The van der Waals surface area contributed by atoms with Crippen molar-refractivity contribution in [3.63, 3.8) is 0 Å². The highest BCUT2D eigenvalue weighted by atomic mass is 16.5. The van der Waals surface area contributed by atoms with Gasteiger partial charge in [-0.15, -0.1) is 5.10 Å². The van der Waals surface area contributed by atoms with E-state index in [1.54, 1.807) is 24.3 Å². The van der Waals surface area contributed by atoms with Crippen molar-refractivity contribution >= 4 is 11.9 Å². The third-order valence-electron chi connectivity index (χ3n) is 2.23. The zero-order valence-electron chi connectivity index (χ0n) is 9.61. The highest BCUT2D eigenvalue weighted by Gasteiger charge is 2.06. The number of nitrogens with zero attached hydrogens (tertiary/aromatic N) is 3. The molecule has 0 radical (unpaired) electrons. The molecule has 0 aliphatic carbocycles. The van der Waals surface area contributed by atoms with E-state index >= 15 is 0 Å². The van der Waals surface area contributed by atoms with Crippen molar-refractivity contribution in [2.45, 2.75) is 6.42 Å². The van der Waals surface area contributed by atoms with Crippen molar-refractivity contribution in [1.29, 1.82) is 0 Å². The van der Waals surface area contributed by atoms with Crippen LogP contribution in [0.15, 0.2) is 36.5 Å². The second-order valence-corrected chi connectivity index (χ2v) is 3.56. The summed E-state index contributed by atoms with van der Waals surface area (Å²) < 4.78 is 5.10. The minimum atomic E-state index is -0.356. The first kappa shape index (κ1) is 12.0. The minimum Gasteiger partial charge on any atom is -0.462 e. The molecule has 0 saturated heterocycles. The van der Waals surface area contributed by atoms with Crippen LogP contribution < -0.4 is 5.73 Å². The lowest BCUT2D eigenvalue weighted by atomic mass is 10.2. The van der Waals surface area contributed by atoms with Crippen LogP contribution in [-0.2, 0) is 11.2 Å². The SMILES string of the molecule is Nc1nncc(CCOC(=O)c2ccccc2)n1. The van der Waals surface area contributed by atoms with Crippen molar-refractivity contribution in [1.82, 2.24) is 15.2 Å². The molecule has 0 saturated carbocycles. The number of nitrogens with two attached hydrogens (primary N) is 1. The summed E-state index contributed by atoms with van der Waals surface area (Å²) in [6.07, 6.45) is 1.95. The van der Waals surface area contributed by atoms with Crippen LogP contribution >= 0.6 is 0 Å². The Morgan fingerprint density at radius 1 is 1.28 bits per heavy atom. The largest absolute Gasteiger partial charge is 0.462 e. The lowest BCUT2D eigenvalue weighted by Crippen LogP contribution is -2.09. The smallest absolute Gasteiger partial charge is 0.338 e. The molecule has 1 aromatic heterocycles. The molecule has 0 atom stereocenters. The van der Waals surface area contributed by atoms with Gasteiger partial charge < -0.3 is 10.5 Å². The number of ether oxygens (including phenoxy) is 1. The lowest BCUT2D eigenvalue weighted by molar-refractivity contribution is 0.0508. The molecule has 1 heterocycles. The summed E-state index contributed by atoms with van der Waals surface area (Å²) in [5.74, 6) is -0.243. The molecule has 2 N–H and O–H groups in total. The van der Waals surface area contributed by atoms with E-state index in [4.69, 9.17) is 10.5 Å². The zero-order valence-corrected chi connectivity index (χ0v) is 9.61. The second kappa shape index (κ2) is 5.72. The Labute approximate surface area is 104 Å². The Balaban J connectivity index is 1.84. The van der Waals surface area contributed by atoms with Gasteiger partial charge in [0.25, 0.3) is 0 Å². The van der Waals surface area contributed by atoms with E-state index in [0.717, 1.165) is 0 Å². The molecule has 0 aliphatic rings. The maximum atomic E-state index is 11.6. The molecule has 92 valence electrons. The first-order valence-corrected chi connectivity index (χ1v) is 5.42. The van der Waals surface area contributed by atoms with Gasteiger partial charge in [0.05, 0.1) is 24.1 Å². The number of hydrogen-bond acceptors (Lipinski definition) is 6. The lowest BCUT2D eigenvalue weighted by Gasteiger charge is -2.04. The van der Waals surface area contributed by atoms with Crippen LogP contribution in [0.25, 0.3) is 0 Å². The maximum Gasteiger partial charge on any atom is 0.338 e. The molecule has 0 spiro atoms. The van der Waals surface area contributed by atoms with Crippen molar-refractivity contribution in [3.8, 4) is 0 Å². The summed E-state index contributed by atoms with van der Waals surface area (Å²) in [6, 6.07) is 8.81.